The van der Waals surface area contributed by atoms with Crippen molar-refractivity contribution in [3.05, 3.63) is 42.2 Å². The van der Waals surface area contributed by atoms with E-state index in [4.69, 9.17) is 0 Å². The Morgan fingerprint density at radius 1 is 1.21 bits per heavy atom. The molecule has 0 radical (unpaired) electrons. The summed E-state index contributed by atoms with van der Waals surface area (Å²) < 4.78 is 1.95. The molecule has 2 rings (SSSR count). The predicted octanol–water partition coefficient (Wildman–Crippen LogP) is 3.48. The van der Waals surface area contributed by atoms with E-state index in [0.29, 0.717) is 0 Å². The molecule has 0 fully saturated rings. The summed E-state index contributed by atoms with van der Waals surface area (Å²) in [5.41, 5.74) is 2.31. The molecule has 102 valence electrons. The highest BCUT2D eigenvalue weighted by Crippen LogP contribution is 2.23. The first kappa shape index (κ1) is 14.2. The predicted molar refractivity (Wildman–Crippen MR) is 81.9 cm³/mol. The van der Waals surface area contributed by atoms with Gasteiger partial charge >= 0.3 is 0 Å². The molecular weight excluding hydrogens is 254 g/mol. The first-order valence-corrected chi connectivity index (χ1v) is 7.65. The Bertz CT molecular complexity index is 540. The highest BCUT2D eigenvalue weighted by atomic mass is 32.2. The van der Waals surface area contributed by atoms with E-state index in [1.165, 1.54) is 4.90 Å². The summed E-state index contributed by atoms with van der Waals surface area (Å²) >= 11 is 1.74. The van der Waals surface area contributed by atoms with Crippen LogP contribution in [0.4, 0.5) is 0 Å². The number of nitrogens with one attached hydrogen (secondary N) is 1. The Morgan fingerprint density at radius 3 is 2.63 bits per heavy atom. The Morgan fingerprint density at radius 2 is 1.95 bits per heavy atom. The van der Waals surface area contributed by atoms with Crippen LogP contribution in [-0.2, 0) is 6.54 Å². The SMILES string of the molecule is CSc1ccccc1-n1ccc(CNC(C)(C)C)n1. The lowest BCUT2D eigenvalue weighted by Gasteiger charge is -2.19. The van der Waals surface area contributed by atoms with E-state index in [2.05, 4.69) is 61.7 Å². The van der Waals surface area contributed by atoms with Crippen LogP contribution in [0.5, 0.6) is 0 Å². The van der Waals surface area contributed by atoms with Crippen LogP contribution < -0.4 is 5.32 Å². The minimum atomic E-state index is 0.112. The fourth-order valence-electron chi connectivity index (χ4n) is 1.76. The number of hydrogen-bond acceptors (Lipinski definition) is 3. The van der Waals surface area contributed by atoms with Crippen molar-refractivity contribution in [1.29, 1.82) is 0 Å². The van der Waals surface area contributed by atoms with Gasteiger partial charge < -0.3 is 5.32 Å². The monoisotopic (exact) mass is 275 g/mol. The van der Waals surface area contributed by atoms with Crippen molar-refractivity contribution in [3.8, 4) is 5.69 Å². The minimum Gasteiger partial charge on any atom is -0.306 e. The van der Waals surface area contributed by atoms with Gasteiger partial charge in [0.2, 0.25) is 0 Å². The Balaban J connectivity index is 2.17. The molecule has 0 spiro atoms. The summed E-state index contributed by atoms with van der Waals surface area (Å²) in [6.07, 6.45) is 4.11. The molecule has 0 aliphatic heterocycles. The van der Waals surface area contributed by atoms with Gasteiger partial charge in [-0.25, -0.2) is 4.68 Å². The zero-order valence-electron chi connectivity index (χ0n) is 12.0. The van der Waals surface area contributed by atoms with Crippen LogP contribution in [0.15, 0.2) is 41.4 Å². The van der Waals surface area contributed by atoms with E-state index < -0.39 is 0 Å². The average molecular weight is 275 g/mol. The van der Waals surface area contributed by atoms with Gasteiger partial charge in [0, 0.05) is 23.2 Å². The third kappa shape index (κ3) is 3.85. The molecule has 1 heterocycles. The zero-order valence-corrected chi connectivity index (χ0v) is 12.8. The van der Waals surface area contributed by atoms with E-state index in [-0.39, 0.29) is 5.54 Å². The number of rotatable bonds is 4. The normalized spacial score (nSPS) is 11.8. The van der Waals surface area contributed by atoms with Crippen LogP contribution in [0.2, 0.25) is 0 Å². The maximum absolute atomic E-state index is 4.63. The lowest BCUT2D eigenvalue weighted by molar-refractivity contribution is 0.420. The second kappa shape index (κ2) is 5.80. The number of benzene rings is 1. The van der Waals surface area contributed by atoms with Gasteiger partial charge in [-0.3, -0.25) is 0 Å². The third-order valence-electron chi connectivity index (χ3n) is 2.78. The molecule has 0 aliphatic carbocycles. The average Bonchev–Trinajstić information content (AvgIpc) is 2.84. The van der Waals surface area contributed by atoms with Crippen LogP contribution in [0, 0.1) is 0 Å². The molecule has 0 atom stereocenters. The van der Waals surface area contributed by atoms with Crippen LogP contribution in [0.25, 0.3) is 5.69 Å². The zero-order chi connectivity index (χ0) is 13.9. The standard InChI is InChI=1S/C15H21N3S/c1-15(2,3)16-11-12-9-10-18(17-12)13-7-5-6-8-14(13)19-4/h5-10,16H,11H2,1-4H3. The topological polar surface area (TPSA) is 29.9 Å². The molecule has 0 unspecified atom stereocenters. The van der Waals surface area contributed by atoms with Gasteiger partial charge in [-0.15, -0.1) is 11.8 Å². The lowest BCUT2D eigenvalue weighted by Crippen LogP contribution is -2.35. The molecule has 1 N–H and O–H groups in total. The van der Waals surface area contributed by atoms with Gasteiger partial charge in [0.05, 0.1) is 11.4 Å². The maximum atomic E-state index is 4.63. The number of thioether (sulfide) groups is 1. The number of nitrogens with zero attached hydrogens (tertiary/aromatic N) is 2. The quantitative estimate of drug-likeness (QED) is 0.866. The van der Waals surface area contributed by atoms with Crippen LogP contribution in [-0.4, -0.2) is 21.6 Å². The first-order valence-electron chi connectivity index (χ1n) is 6.42. The highest BCUT2D eigenvalue weighted by molar-refractivity contribution is 7.98. The smallest absolute Gasteiger partial charge is 0.0781 e. The number of hydrogen-bond donors (Lipinski definition) is 1. The summed E-state index contributed by atoms with van der Waals surface area (Å²) in [7, 11) is 0. The molecule has 0 saturated carbocycles. The van der Waals surface area contributed by atoms with E-state index in [0.717, 1.165) is 17.9 Å². The van der Waals surface area contributed by atoms with E-state index >= 15 is 0 Å². The largest absolute Gasteiger partial charge is 0.306 e. The molecule has 0 amide bonds. The minimum absolute atomic E-state index is 0.112. The summed E-state index contributed by atoms with van der Waals surface area (Å²) in [6, 6.07) is 10.4. The molecule has 0 bridgehead atoms. The Labute approximate surface area is 119 Å². The van der Waals surface area contributed by atoms with Gasteiger partial charge in [0.25, 0.3) is 0 Å². The third-order valence-corrected chi connectivity index (χ3v) is 3.56. The first-order chi connectivity index (χ1) is 8.99. The van der Waals surface area contributed by atoms with E-state index in [1.54, 1.807) is 11.8 Å². The van der Waals surface area contributed by atoms with Crippen molar-refractivity contribution in [3.63, 3.8) is 0 Å². The Kier molecular flexibility index (Phi) is 4.32. The maximum Gasteiger partial charge on any atom is 0.0781 e. The number of para-hydroxylation sites is 1. The van der Waals surface area contributed by atoms with E-state index in [1.807, 2.05) is 16.9 Å². The van der Waals surface area contributed by atoms with Crippen LogP contribution >= 0.6 is 11.8 Å². The second-order valence-electron chi connectivity index (χ2n) is 5.53. The summed E-state index contributed by atoms with van der Waals surface area (Å²) in [5.74, 6) is 0. The van der Waals surface area contributed by atoms with E-state index in [9.17, 15) is 0 Å². The van der Waals surface area contributed by atoms with Crippen molar-refractivity contribution in [2.24, 2.45) is 0 Å². The fourth-order valence-corrected chi connectivity index (χ4v) is 2.35. The summed E-state index contributed by atoms with van der Waals surface area (Å²) in [5, 5.41) is 8.08. The van der Waals surface area contributed by atoms with Gasteiger partial charge in [-0.2, -0.15) is 5.10 Å². The molecule has 1 aromatic heterocycles. The summed E-state index contributed by atoms with van der Waals surface area (Å²) in [6.45, 7) is 7.27. The van der Waals surface area contributed by atoms with Crippen molar-refractivity contribution in [1.82, 2.24) is 15.1 Å². The fraction of sp³-hybridized carbons (Fsp3) is 0.400. The van der Waals surface area contributed by atoms with Crippen LogP contribution in [0.3, 0.4) is 0 Å². The molecule has 2 aromatic rings. The van der Waals surface area contributed by atoms with Crippen molar-refractivity contribution in [2.75, 3.05) is 6.26 Å². The lowest BCUT2D eigenvalue weighted by atomic mass is 10.1. The summed E-state index contributed by atoms with van der Waals surface area (Å²) in [4.78, 5) is 1.24. The molecule has 4 heteroatoms. The van der Waals surface area contributed by atoms with Gasteiger partial charge in [0.15, 0.2) is 0 Å². The second-order valence-corrected chi connectivity index (χ2v) is 6.38. The van der Waals surface area contributed by atoms with Gasteiger partial charge in [0.1, 0.15) is 0 Å². The van der Waals surface area contributed by atoms with Gasteiger partial charge in [-0.1, -0.05) is 12.1 Å². The van der Waals surface area contributed by atoms with Crippen LogP contribution in [0.1, 0.15) is 26.5 Å². The number of aromatic nitrogens is 2. The molecule has 1 aromatic carbocycles. The molecular formula is C15H21N3S. The molecule has 0 aliphatic rings. The highest BCUT2D eigenvalue weighted by Gasteiger charge is 2.10. The van der Waals surface area contributed by atoms with Crippen molar-refractivity contribution >= 4 is 11.8 Å². The molecule has 3 nitrogen and oxygen atoms in total. The van der Waals surface area contributed by atoms with Crippen molar-refractivity contribution in [2.45, 2.75) is 37.8 Å². The molecule has 0 saturated heterocycles. The Hall–Kier alpha value is -1.26. The van der Waals surface area contributed by atoms with Crippen molar-refractivity contribution < 1.29 is 0 Å². The van der Waals surface area contributed by atoms with Gasteiger partial charge in [-0.05, 0) is 45.2 Å². The molecule has 19 heavy (non-hydrogen) atoms.